The summed E-state index contributed by atoms with van der Waals surface area (Å²) in [6.07, 6.45) is 2.04. The topological polar surface area (TPSA) is 29.5 Å². The van der Waals surface area contributed by atoms with E-state index in [1.807, 2.05) is 0 Å². The van der Waals surface area contributed by atoms with Crippen molar-refractivity contribution >= 4 is 5.91 Å². The van der Waals surface area contributed by atoms with Gasteiger partial charge in [-0.3, -0.25) is 9.63 Å². The highest BCUT2D eigenvalue weighted by atomic mass is 16.7. The van der Waals surface area contributed by atoms with Crippen LogP contribution < -0.4 is 0 Å². The van der Waals surface area contributed by atoms with Gasteiger partial charge in [-0.2, -0.15) is 0 Å². The fourth-order valence-electron chi connectivity index (χ4n) is 1.45. The zero-order valence-electron chi connectivity index (χ0n) is 7.33. The first-order valence-electron chi connectivity index (χ1n) is 3.96. The van der Waals surface area contributed by atoms with Gasteiger partial charge < -0.3 is 0 Å². The van der Waals surface area contributed by atoms with Gasteiger partial charge in [0, 0.05) is 13.0 Å². The predicted molar refractivity (Wildman–Crippen MR) is 41.7 cm³/mol. The summed E-state index contributed by atoms with van der Waals surface area (Å²) in [5, 5.41) is 1.32. The average molecular weight is 157 g/mol. The number of amides is 1. The maximum Gasteiger partial charge on any atom is 0.248 e. The number of hydrogen-bond donors (Lipinski definition) is 0. The third kappa shape index (κ3) is 1.71. The summed E-state index contributed by atoms with van der Waals surface area (Å²) in [6.45, 7) is 2.16. The van der Waals surface area contributed by atoms with E-state index in [0.717, 1.165) is 12.8 Å². The minimum atomic E-state index is 0.116. The molecule has 0 N–H and O–H groups in total. The number of hydrogen-bond acceptors (Lipinski definition) is 2. The van der Waals surface area contributed by atoms with E-state index in [0.29, 0.717) is 5.92 Å². The van der Waals surface area contributed by atoms with E-state index < -0.39 is 0 Å². The first-order valence-corrected chi connectivity index (χ1v) is 3.96. The molecule has 1 aliphatic carbocycles. The van der Waals surface area contributed by atoms with Gasteiger partial charge in [0.2, 0.25) is 5.91 Å². The van der Waals surface area contributed by atoms with Gasteiger partial charge in [-0.05, 0) is 18.8 Å². The van der Waals surface area contributed by atoms with Crippen molar-refractivity contribution in [1.29, 1.82) is 0 Å². The maximum atomic E-state index is 11.3. The molecule has 0 unspecified atom stereocenters. The minimum absolute atomic E-state index is 0.116. The first kappa shape index (κ1) is 8.53. The minimum Gasteiger partial charge on any atom is -0.275 e. The van der Waals surface area contributed by atoms with E-state index in [-0.39, 0.29) is 11.8 Å². The molecule has 0 spiro atoms. The Hall–Kier alpha value is -0.570. The van der Waals surface area contributed by atoms with Crippen molar-refractivity contribution in [2.45, 2.75) is 19.8 Å². The molecule has 1 fully saturated rings. The molecular formula is C8H15NO2. The van der Waals surface area contributed by atoms with Gasteiger partial charge in [-0.15, -0.1) is 0 Å². The van der Waals surface area contributed by atoms with Crippen LogP contribution in [-0.2, 0) is 9.63 Å². The fraction of sp³-hybridized carbons (Fsp3) is 0.875. The highest BCUT2D eigenvalue weighted by Crippen LogP contribution is 2.33. The summed E-state index contributed by atoms with van der Waals surface area (Å²) in [6, 6.07) is 0. The number of hydroxylamine groups is 2. The van der Waals surface area contributed by atoms with Gasteiger partial charge in [0.25, 0.3) is 0 Å². The number of rotatable bonds is 2. The third-order valence-corrected chi connectivity index (χ3v) is 2.31. The summed E-state index contributed by atoms with van der Waals surface area (Å²) in [5.41, 5.74) is 0. The zero-order chi connectivity index (χ0) is 8.43. The third-order valence-electron chi connectivity index (χ3n) is 2.31. The van der Waals surface area contributed by atoms with E-state index in [1.165, 1.54) is 12.2 Å². The lowest BCUT2D eigenvalue weighted by Gasteiger charge is -2.33. The molecule has 0 aromatic rings. The van der Waals surface area contributed by atoms with Crippen LogP contribution in [0.4, 0.5) is 0 Å². The Morgan fingerprint density at radius 1 is 1.55 bits per heavy atom. The van der Waals surface area contributed by atoms with Crippen LogP contribution in [0.5, 0.6) is 0 Å². The number of nitrogens with zero attached hydrogens (tertiary/aromatic N) is 1. The van der Waals surface area contributed by atoms with Crippen LogP contribution in [0.15, 0.2) is 0 Å². The van der Waals surface area contributed by atoms with Crippen molar-refractivity contribution in [2.24, 2.45) is 11.8 Å². The van der Waals surface area contributed by atoms with Gasteiger partial charge in [0.05, 0.1) is 7.11 Å². The van der Waals surface area contributed by atoms with Gasteiger partial charge >= 0.3 is 0 Å². The molecular weight excluding hydrogens is 142 g/mol. The molecule has 1 amide bonds. The molecule has 11 heavy (non-hydrogen) atoms. The lowest BCUT2D eigenvalue weighted by Crippen LogP contribution is -2.38. The largest absolute Gasteiger partial charge is 0.275 e. The normalized spacial score (nSPS) is 29.4. The van der Waals surface area contributed by atoms with Crippen molar-refractivity contribution in [3.8, 4) is 0 Å². The number of carbonyl (C=O) groups is 1. The molecule has 0 radical (unpaired) electrons. The summed E-state index contributed by atoms with van der Waals surface area (Å²) >= 11 is 0. The van der Waals surface area contributed by atoms with E-state index in [2.05, 4.69) is 6.92 Å². The smallest absolute Gasteiger partial charge is 0.248 e. The van der Waals surface area contributed by atoms with Gasteiger partial charge in [-0.1, -0.05) is 6.92 Å². The second-order valence-corrected chi connectivity index (χ2v) is 3.29. The van der Waals surface area contributed by atoms with Gasteiger partial charge in [0.1, 0.15) is 0 Å². The molecule has 3 nitrogen and oxygen atoms in total. The Morgan fingerprint density at radius 2 is 2.09 bits per heavy atom. The van der Waals surface area contributed by atoms with E-state index in [1.54, 1.807) is 7.05 Å². The molecule has 0 aromatic heterocycles. The highest BCUT2D eigenvalue weighted by molar-refractivity contribution is 5.78. The lowest BCUT2D eigenvalue weighted by atomic mass is 9.76. The van der Waals surface area contributed by atoms with Crippen molar-refractivity contribution in [3.05, 3.63) is 0 Å². The molecule has 0 heterocycles. The second-order valence-electron chi connectivity index (χ2n) is 3.29. The van der Waals surface area contributed by atoms with Crippen molar-refractivity contribution in [1.82, 2.24) is 5.06 Å². The molecule has 64 valence electrons. The molecule has 0 atom stereocenters. The average Bonchev–Trinajstić information content (AvgIpc) is 1.96. The van der Waals surface area contributed by atoms with Crippen LogP contribution in [0.25, 0.3) is 0 Å². The Morgan fingerprint density at radius 3 is 2.45 bits per heavy atom. The molecule has 1 saturated carbocycles. The second kappa shape index (κ2) is 3.22. The van der Waals surface area contributed by atoms with Crippen LogP contribution in [0, 0.1) is 11.8 Å². The summed E-state index contributed by atoms with van der Waals surface area (Å²) in [4.78, 5) is 16.1. The molecule has 0 aromatic carbocycles. The highest BCUT2D eigenvalue weighted by Gasteiger charge is 2.33. The Balaban J connectivity index is 2.31. The van der Waals surface area contributed by atoms with Gasteiger partial charge in [-0.25, -0.2) is 5.06 Å². The van der Waals surface area contributed by atoms with E-state index in [9.17, 15) is 4.79 Å². The Labute approximate surface area is 67.3 Å². The molecule has 3 heteroatoms. The van der Waals surface area contributed by atoms with Crippen LogP contribution in [0.1, 0.15) is 19.8 Å². The molecule has 0 bridgehead atoms. The summed E-state index contributed by atoms with van der Waals surface area (Å²) < 4.78 is 0. The van der Waals surface area contributed by atoms with Crippen molar-refractivity contribution in [2.75, 3.05) is 14.2 Å². The van der Waals surface area contributed by atoms with Gasteiger partial charge in [0.15, 0.2) is 0 Å². The lowest BCUT2D eigenvalue weighted by molar-refractivity contribution is -0.177. The van der Waals surface area contributed by atoms with Crippen LogP contribution in [-0.4, -0.2) is 25.1 Å². The standard InChI is InChI=1S/C8H15NO2/c1-6-4-7(5-6)8(10)9(2)11-3/h6-7H,4-5H2,1-3H3. The van der Waals surface area contributed by atoms with Crippen molar-refractivity contribution < 1.29 is 9.63 Å². The fourth-order valence-corrected chi connectivity index (χ4v) is 1.45. The number of carbonyl (C=O) groups excluding carboxylic acids is 1. The van der Waals surface area contributed by atoms with Crippen LogP contribution in [0.2, 0.25) is 0 Å². The summed E-state index contributed by atoms with van der Waals surface area (Å²) in [5.74, 6) is 1.05. The van der Waals surface area contributed by atoms with E-state index in [4.69, 9.17) is 4.84 Å². The monoisotopic (exact) mass is 157 g/mol. The zero-order valence-corrected chi connectivity index (χ0v) is 7.33. The Bertz CT molecular complexity index is 152. The Kier molecular flexibility index (Phi) is 2.49. The molecule has 0 saturated heterocycles. The quantitative estimate of drug-likeness (QED) is 0.561. The maximum absolute atomic E-state index is 11.3. The van der Waals surface area contributed by atoms with Crippen molar-refractivity contribution in [3.63, 3.8) is 0 Å². The summed E-state index contributed by atoms with van der Waals surface area (Å²) in [7, 11) is 3.17. The molecule has 0 aliphatic heterocycles. The first-order chi connectivity index (χ1) is 5.15. The van der Waals surface area contributed by atoms with Crippen LogP contribution >= 0.6 is 0 Å². The van der Waals surface area contributed by atoms with Crippen LogP contribution in [0.3, 0.4) is 0 Å². The predicted octanol–water partition coefficient (Wildman–Crippen LogP) is 1.05. The molecule has 1 rings (SSSR count). The SMILES string of the molecule is CON(C)C(=O)C1CC(C)C1. The molecule has 1 aliphatic rings. The van der Waals surface area contributed by atoms with E-state index >= 15 is 0 Å².